The van der Waals surface area contributed by atoms with Crippen LogP contribution in [-0.2, 0) is 6.54 Å². The Balaban J connectivity index is 1.61. The molecule has 0 radical (unpaired) electrons. The van der Waals surface area contributed by atoms with Gasteiger partial charge in [0.05, 0.1) is 11.7 Å². The van der Waals surface area contributed by atoms with Gasteiger partial charge < -0.3 is 10.4 Å². The molecule has 1 aliphatic rings. The molecule has 2 aromatic rings. The standard InChI is InChI=1S/C19H20F2N2O2/c20-14-6-7-17(18(21)8-14)19(25)22-10-15-9-16(24)12-23(15)11-13-4-2-1-3-5-13/h1-8,15-16,24H,9-12H2,(H,22,25). The van der Waals surface area contributed by atoms with E-state index in [9.17, 15) is 18.7 Å². The molecule has 0 spiro atoms. The largest absolute Gasteiger partial charge is 0.392 e. The van der Waals surface area contributed by atoms with Crippen LogP contribution in [0.5, 0.6) is 0 Å². The molecule has 2 unspecified atom stereocenters. The van der Waals surface area contributed by atoms with Gasteiger partial charge in [-0.15, -0.1) is 0 Å². The van der Waals surface area contributed by atoms with Crippen molar-refractivity contribution in [3.8, 4) is 0 Å². The van der Waals surface area contributed by atoms with Crippen molar-refractivity contribution in [3.63, 3.8) is 0 Å². The molecule has 3 rings (SSSR count). The number of amides is 1. The molecule has 1 heterocycles. The first-order valence-electron chi connectivity index (χ1n) is 8.22. The number of halogens is 2. The topological polar surface area (TPSA) is 52.6 Å². The van der Waals surface area contributed by atoms with E-state index in [4.69, 9.17) is 0 Å². The van der Waals surface area contributed by atoms with Gasteiger partial charge in [-0.3, -0.25) is 9.69 Å². The highest BCUT2D eigenvalue weighted by molar-refractivity contribution is 5.94. The third-order valence-electron chi connectivity index (χ3n) is 4.41. The number of rotatable bonds is 5. The Kier molecular flexibility index (Phi) is 5.40. The minimum absolute atomic E-state index is 0.0392. The van der Waals surface area contributed by atoms with E-state index >= 15 is 0 Å². The van der Waals surface area contributed by atoms with Gasteiger partial charge >= 0.3 is 0 Å². The maximum absolute atomic E-state index is 13.7. The van der Waals surface area contributed by atoms with Crippen LogP contribution in [0, 0.1) is 11.6 Å². The van der Waals surface area contributed by atoms with E-state index in [1.165, 1.54) is 0 Å². The van der Waals surface area contributed by atoms with Crippen molar-refractivity contribution in [2.75, 3.05) is 13.1 Å². The molecule has 1 saturated heterocycles. The van der Waals surface area contributed by atoms with Crippen LogP contribution in [0.4, 0.5) is 8.78 Å². The lowest BCUT2D eigenvalue weighted by Gasteiger charge is -2.24. The van der Waals surface area contributed by atoms with Crippen LogP contribution in [-0.4, -0.2) is 41.1 Å². The van der Waals surface area contributed by atoms with Gasteiger partial charge in [0.15, 0.2) is 0 Å². The molecule has 2 N–H and O–H groups in total. The second kappa shape index (κ2) is 7.72. The molecule has 132 valence electrons. The Labute approximate surface area is 145 Å². The lowest BCUT2D eigenvalue weighted by Crippen LogP contribution is -2.40. The summed E-state index contributed by atoms with van der Waals surface area (Å²) in [4.78, 5) is 14.2. The number of hydrogen-bond donors (Lipinski definition) is 2. The number of nitrogens with one attached hydrogen (secondary N) is 1. The average molecular weight is 346 g/mol. The van der Waals surface area contributed by atoms with E-state index in [1.54, 1.807) is 0 Å². The monoisotopic (exact) mass is 346 g/mol. The quantitative estimate of drug-likeness (QED) is 0.874. The number of benzene rings is 2. The number of carbonyl (C=O) groups is 1. The van der Waals surface area contributed by atoms with E-state index < -0.39 is 23.6 Å². The summed E-state index contributed by atoms with van der Waals surface area (Å²) in [6.07, 6.45) is 0.0899. The van der Waals surface area contributed by atoms with Crippen molar-refractivity contribution < 1.29 is 18.7 Å². The minimum Gasteiger partial charge on any atom is -0.392 e. The van der Waals surface area contributed by atoms with E-state index in [0.29, 0.717) is 32.1 Å². The van der Waals surface area contributed by atoms with Gasteiger partial charge in [0.25, 0.3) is 5.91 Å². The van der Waals surface area contributed by atoms with Gasteiger partial charge in [0, 0.05) is 31.7 Å². The summed E-state index contributed by atoms with van der Waals surface area (Å²) in [7, 11) is 0. The third kappa shape index (κ3) is 4.41. The highest BCUT2D eigenvalue weighted by Crippen LogP contribution is 2.20. The summed E-state index contributed by atoms with van der Waals surface area (Å²) < 4.78 is 26.6. The minimum atomic E-state index is -0.884. The van der Waals surface area contributed by atoms with Crippen molar-refractivity contribution >= 4 is 5.91 Å². The van der Waals surface area contributed by atoms with E-state index in [-0.39, 0.29) is 11.6 Å². The lowest BCUT2D eigenvalue weighted by molar-refractivity contribution is 0.0935. The zero-order valence-corrected chi connectivity index (χ0v) is 13.7. The summed E-state index contributed by atoms with van der Waals surface area (Å²) in [5, 5.41) is 12.6. The van der Waals surface area contributed by atoms with E-state index in [1.807, 2.05) is 30.3 Å². The van der Waals surface area contributed by atoms with Crippen molar-refractivity contribution in [2.45, 2.75) is 25.1 Å². The molecule has 2 aromatic carbocycles. The Bertz CT molecular complexity index is 739. The maximum Gasteiger partial charge on any atom is 0.254 e. The highest BCUT2D eigenvalue weighted by Gasteiger charge is 2.31. The van der Waals surface area contributed by atoms with Crippen LogP contribution in [0.15, 0.2) is 48.5 Å². The van der Waals surface area contributed by atoms with Crippen molar-refractivity contribution in [3.05, 3.63) is 71.3 Å². The van der Waals surface area contributed by atoms with E-state index in [2.05, 4.69) is 10.2 Å². The number of β-amino-alcohol motifs (C(OH)–C–C–N with tert-alkyl or cyclic N) is 1. The maximum atomic E-state index is 13.7. The van der Waals surface area contributed by atoms with Gasteiger partial charge in [-0.1, -0.05) is 30.3 Å². The van der Waals surface area contributed by atoms with E-state index in [0.717, 1.165) is 17.7 Å². The molecule has 4 nitrogen and oxygen atoms in total. The summed E-state index contributed by atoms with van der Waals surface area (Å²) in [6, 6.07) is 12.7. The molecule has 1 aliphatic heterocycles. The average Bonchev–Trinajstić information content (AvgIpc) is 2.93. The number of hydrogen-bond acceptors (Lipinski definition) is 3. The second-order valence-corrected chi connectivity index (χ2v) is 6.29. The highest BCUT2D eigenvalue weighted by atomic mass is 19.1. The van der Waals surface area contributed by atoms with Crippen LogP contribution in [0.3, 0.4) is 0 Å². The second-order valence-electron chi connectivity index (χ2n) is 6.29. The summed E-state index contributed by atoms with van der Waals surface area (Å²) in [6.45, 7) is 1.49. The number of carbonyl (C=O) groups excluding carboxylic acids is 1. The zero-order valence-electron chi connectivity index (χ0n) is 13.7. The van der Waals surface area contributed by atoms with Crippen LogP contribution in [0.25, 0.3) is 0 Å². The summed E-state index contributed by atoms with van der Waals surface area (Å²) in [5.41, 5.74) is 0.937. The van der Waals surface area contributed by atoms with Gasteiger partial charge in [-0.25, -0.2) is 8.78 Å². The van der Waals surface area contributed by atoms with Crippen LogP contribution in [0.2, 0.25) is 0 Å². The smallest absolute Gasteiger partial charge is 0.254 e. The SMILES string of the molecule is O=C(NCC1CC(O)CN1Cc1ccccc1)c1ccc(F)cc1F. The third-order valence-corrected chi connectivity index (χ3v) is 4.41. The lowest BCUT2D eigenvalue weighted by atomic mass is 10.1. The Hall–Kier alpha value is -2.31. The van der Waals surface area contributed by atoms with Gasteiger partial charge in [0.2, 0.25) is 0 Å². The molecule has 2 atom stereocenters. The fraction of sp³-hybridized carbons (Fsp3) is 0.316. The molecule has 0 saturated carbocycles. The van der Waals surface area contributed by atoms with Gasteiger partial charge in [-0.2, -0.15) is 0 Å². The van der Waals surface area contributed by atoms with Crippen LogP contribution < -0.4 is 5.32 Å². The summed E-state index contributed by atoms with van der Waals surface area (Å²) in [5.74, 6) is -2.19. The molecule has 0 aliphatic carbocycles. The molecular formula is C19H20F2N2O2. The molecule has 25 heavy (non-hydrogen) atoms. The molecule has 6 heteroatoms. The molecule has 0 aromatic heterocycles. The molecule has 1 fully saturated rings. The van der Waals surface area contributed by atoms with Crippen molar-refractivity contribution in [1.29, 1.82) is 0 Å². The fourth-order valence-corrected chi connectivity index (χ4v) is 3.16. The Morgan fingerprint density at radius 2 is 1.96 bits per heavy atom. The predicted octanol–water partition coefficient (Wildman–Crippen LogP) is 2.33. The first-order chi connectivity index (χ1) is 12.0. The summed E-state index contributed by atoms with van der Waals surface area (Å²) >= 11 is 0. The first kappa shape index (κ1) is 17.5. The zero-order chi connectivity index (χ0) is 17.8. The van der Waals surface area contributed by atoms with Crippen LogP contribution >= 0.6 is 0 Å². The number of aliphatic hydroxyl groups is 1. The predicted molar refractivity (Wildman–Crippen MR) is 90.0 cm³/mol. The van der Waals surface area contributed by atoms with Crippen LogP contribution in [0.1, 0.15) is 22.3 Å². The molecule has 1 amide bonds. The Morgan fingerprint density at radius 3 is 2.68 bits per heavy atom. The Morgan fingerprint density at radius 1 is 1.20 bits per heavy atom. The number of aliphatic hydroxyl groups excluding tert-OH is 1. The van der Waals surface area contributed by atoms with Gasteiger partial charge in [-0.05, 0) is 24.1 Å². The molecular weight excluding hydrogens is 326 g/mol. The number of likely N-dealkylation sites (tertiary alicyclic amines) is 1. The van der Waals surface area contributed by atoms with Crippen molar-refractivity contribution in [1.82, 2.24) is 10.2 Å². The van der Waals surface area contributed by atoms with Gasteiger partial charge in [0.1, 0.15) is 11.6 Å². The molecule has 0 bridgehead atoms. The number of nitrogens with zero attached hydrogens (tertiary/aromatic N) is 1. The van der Waals surface area contributed by atoms with Crippen molar-refractivity contribution in [2.24, 2.45) is 0 Å². The normalized spacial score (nSPS) is 20.6. The first-order valence-corrected chi connectivity index (χ1v) is 8.22. The fourth-order valence-electron chi connectivity index (χ4n) is 3.16.